The molecule has 4 rings (SSSR count). The van der Waals surface area contributed by atoms with E-state index in [2.05, 4.69) is 15.5 Å². The number of amides is 1. The summed E-state index contributed by atoms with van der Waals surface area (Å²) in [6.07, 6.45) is 1.91. The molecule has 0 bridgehead atoms. The van der Waals surface area contributed by atoms with Crippen LogP contribution in [0.5, 0.6) is 5.75 Å². The SMILES string of the molecule is O=C(COc1ccc(Cl)cc1)Nc1ccccc1Cc1nc(-c2ccco2)no1. The number of nitrogens with zero attached hydrogens (tertiary/aromatic N) is 2. The fraction of sp³-hybridized carbons (Fsp3) is 0.0952. The number of furan rings is 1. The molecule has 4 aromatic rings. The van der Waals surface area contributed by atoms with Crippen molar-refractivity contribution in [1.29, 1.82) is 0 Å². The van der Waals surface area contributed by atoms with Gasteiger partial charge in [0.05, 0.1) is 12.7 Å². The molecule has 146 valence electrons. The van der Waals surface area contributed by atoms with E-state index in [0.29, 0.717) is 40.4 Å². The molecule has 0 radical (unpaired) electrons. The normalized spacial score (nSPS) is 10.7. The Labute approximate surface area is 171 Å². The molecule has 0 fully saturated rings. The molecule has 8 heteroatoms. The summed E-state index contributed by atoms with van der Waals surface area (Å²) in [6.45, 7) is -0.126. The number of ether oxygens (including phenoxy) is 1. The van der Waals surface area contributed by atoms with Gasteiger partial charge in [-0.3, -0.25) is 4.79 Å². The maximum Gasteiger partial charge on any atom is 0.262 e. The van der Waals surface area contributed by atoms with E-state index < -0.39 is 0 Å². The Kier molecular flexibility index (Phi) is 5.58. The summed E-state index contributed by atoms with van der Waals surface area (Å²) in [5.74, 6) is 1.60. The number of halogens is 1. The number of benzene rings is 2. The zero-order valence-electron chi connectivity index (χ0n) is 15.2. The lowest BCUT2D eigenvalue weighted by Crippen LogP contribution is -2.21. The Morgan fingerprint density at radius 2 is 1.90 bits per heavy atom. The highest BCUT2D eigenvalue weighted by atomic mass is 35.5. The molecule has 2 aromatic heterocycles. The van der Waals surface area contributed by atoms with Crippen molar-refractivity contribution in [3.05, 3.63) is 83.4 Å². The van der Waals surface area contributed by atoms with Gasteiger partial charge < -0.3 is 19.0 Å². The highest BCUT2D eigenvalue weighted by molar-refractivity contribution is 6.30. The molecule has 0 atom stereocenters. The van der Waals surface area contributed by atoms with E-state index in [0.717, 1.165) is 5.56 Å². The maximum atomic E-state index is 12.3. The second-order valence-electron chi connectivity index (χ2n) is 6.11. The third kappa shape index (κ3) is 4.83. The summed E-state index contributed by atoms with van der Waals surface area (Å²) in [6, 6.07) is 17.7. The number of hydrogen-bond acceptors (Lipinski definition) is 6. The maximum absolute atomic E-state index is 12.3. The van der Waals surface area contributed by atoms with E-state index in [4.69, 9.17) is 25.3 Å². The molecule has 0 saturated carbocycles. The quantitative estimate of drug-likeness (QED) is 0.480. The van der Waals surface area contributed by atoms with Crippen LogP contribution >= 0.6 is 11.6 Å². The molecule has 0 spiro atoms. The van der Waals surface area contributed by atoms with Crippen molar-refractivity contribution in [2.75, 3.05) is 11.9 Å². The highest BCUT2D eigenvalue weighted by Gasteiger charge is 2.14. The molecule has 2 heterocycles. The number of aromatic nitrogens is 2. The van der Waals surface area contributed by atoms with Crippen molar-refractivity contribution in [3.63, 3.8) is 0 Å². The summed E-state index contributed by atoms with van der Waals surface area (Å²) in [7, 11) is 0. The standard InChI is InChI=1S/C21H16ClN3O4/c22-15-7-9-16(10-8-15)28-13-19(26)23-17-5-2-1-4-14(17)12-20-24-21(25-29-20)18-6-3-11-27-18/h1-11H,12-13H2,(H,23,26). The van der Waals surface area contributed by atoms with Crippen LogP contribution in [0.3, 0.4) is 0 Å². The topological polar surface area (TPSA) is 90.4 Å². The minimum Gasteiger partial charge on any atom is -0.484 e. The first-order chi connectivity index (χ1) is 14.2. The van der Waals surface area contributed by atoms with Crippen LogP contribution in [0.2, 0.25) is 5.02 Å². The van der Waals surface area contributed by atoms with E-state index in [-0.39, 0.29) is 12.5 Å². The molecule has 0 unspecified atom stereocenters. The van der Waals surface area contributed by atoms with Gasteiger partial charge in [-0.15, -0.1) is 0 Å². The number of nitrogens with one attached hydrogen (secondary N) is 1. The smallest absolute Gasteiger partial charge is 0.262 e. The minimum absolute atomic E-state index is 0.126. The van der Waals surface area contributed by atoms with Gasteiger partial charge in [0.25, 0.3) is 5.91 Å². The Morgan fingerprint density at radius 3 is 2.69 bits per heavy atom. The summed E-state index contributed by atoms with van der Waals surface area (Å²) < 4.78 is 16.0. The van der Waals surface area contributed by atoms with Crippen LogP contribution in [0.15, 0.2) is 75.9 Å². The predicted molar refractivity (Wildman–Crippen MR) is 107 cm³/mol. The van der Waals surface area contributed by atoms with Crippen molar-refractivity contribution in [2.45, 2.75) is 6.42 Å². The van der Waals surface area contributed by atoms with Gasteiger partial charge in [-0.05, 0) is 48.0 Å². The molecule has 1 amide bonds. The van der Waals surface area contributed by atoms with Crippen molar-refractivity contribution in [1.82, 2.24) is 10.1 Å². The van der Waals surface area contributed by atoms with Gasteiger partial charge in [0.1, 0.15) is 5.75 Å². The minimum atomic E-state index is -0.283. The lowest BCUT2D eigenvalue weighted by molar-refractivity contribution is -0.118. The summed E-state index contributed by atoms with van der Waals surface area (Å²) in [4.78, 5) is 16.6. The van der Waals surface area contributed by atoms with Gasteiger partial charge >= 0.3 is 0 Å². The largest absolute Gasteiger partial charge is 0.484 e. The molecule has 2 aromatic carbocycles. The van der Waals surface area contributed by atoms with Gasteiger partial charge in [-0.1, -0.05) is 35.0 Å². The molecule has 0 saturated heterocycles. The number of rotatable bonds is 7. The van der Waals surface area contributed by atoms with Crippen LogP contribution in [0.25, 0.3) is 11.6 Å². The Morgan fingerprint density at radius 1 is 1.07 bits per heavy atom. The van der Waals surface area contributed by atoms with Crippen LogP contribution in [-0.2, 0) is 11.2 Å². The predicted octanol–water partition coefficient (Wildman–Crippen LogP) is 4.59. The molecule has 1 N–H and O–H groups in total. The lowest BCUT2D eigenvalue weighted by atomic mass is 10.1. The van der Waals surface area contributed by atoms with Crippen LogP contribution in [0.4, 0.5) is 5.69 Å². The molecule has 0 aliphatic carbocycles. The number of anilines is 1. The Bertz CT molecular complexity index is 1090. The third-order valence-electron chi connectivity index (χ3n) is 4.03. The fourth-order valence-electron chi connectivity index (χ4n) is 2.66. The molecule has 0 aliphatic rings. The van der Waals surface area contributed by atoms with Crippen molar-refractivity contribution >= 4 is 23.2 Å². The van der Waals surface area contributed by atoms with Crippen molar-refractivity contribution in [2.24, 2.45) is 0 Å². The van der Waals surface area contributed by atoms with Gasteiger partial charge in [0.15, 0.2) is 12.4 Å². The Hall–Kier alpha value is -3.58. The first-order valence-corrected chi connectivity index (χ1v) is 9.18. The van der Waals surface area contributed by atoms with Crippen LogP contribution in [0.1, 0.15) is 11.5 Å². The summed E-state index contributed by atoms with van der Waals surface area (Å²) in [5, 5.41) is 7.37. The summed E-state index contributed by atoms with van der Waals surface area (Å²) in [5.41, 5.74) is 1.48. The molecule has 29 heavy (non-hydrogen) atoms. The second-order valence-corrected chi connectivity index (χ2v) is 6.55. The third-order valence-corrected chi connectivity index (χ3v) is 4.28. The zero-order valence-corrected chi connectivity index (χ0v) is 15.9. The lowest BCUT2D eigenvalue weighted by Gasteiger charge is -2.10. The van der Waals surface area contributed by atoms with E-state index in [1.54, 1.807) is 48.7 Å². The van der Waals surface area contributed by atoms with E-state index >= 15 is 0 Å². The monoisotopic (exact) mass is 409 g/mol. The zero-order chi connectivity index (χ0) is 20.1. The van der Waals surface area contributed by atoms with Gasteiger partial charge in [0.2, 0.25) is 11.7 Å². The van der Waals surface area contributed by atoms with E-state index in [9.17, 15) is 4.79 Å². The van der Waals surface area contributed by atoms with Crippen LogP contribution in [0, 0.1) is 0 Å². The van der Waals surface area contributed by atoms with Crippen LogP contribution in [-0.4, -0.2) is 22.7 Å². The number of hydrogen-bond donors (Lipinski definition) is 1. The van der Waals surface area contributed by atoms with E-state index in [1.165, 1.54) is 0 Å². The van der Waals surface area contributed by atoms with E-state index in [1.807, 2.05) is 18.2 Å². The first kappa shape index (κ1) is 18.8. The molecular weight excluding hydrogens is 394 g/mol. The first-order valence-electron chi connectivity index (χ1n) is 8.80. The van der Waals surface area contributed by atoms with Gasteiger partial charge in [-0.25, -0.2) is 0 Å². The van der Waals surface area contributed by atoms with Crippen molar-refractivity contribution < 1.29 is 18.5 Å². The number of para-hydroxylation sites is 1. The molecular formula is C21H16ClN3O4. The summed E-state index contributed by atoms with van der Waals surface area (Å²) >= 11 is 5.84. The van der Waals surface area contributed by atoms with Gasteiger partial charge in [0, 0.05) is 10.7 Å². The van der Waals surface area contributed by atoms with Crippen LogP contribution < -0.4 is 10.1 Å². The molecule has 7 nitrogen and oxygen atoms in total. The highest BCUT2D eigenvalue weighted by Crippen LogP contribution is 2.21. The average molecular weight is 410 g/mol. The molecule has 0 aliphatic heterocycles. The van der Waals surface area contributed by atoms with Crippen molar-refractivity contribution in [3.8, 4) is 17.3 Å². The Balaban J connectivity index is 1.40. The average Bonchev–Trinajstić information content (AvgIpc) is 3.41. The number of carbonyl (C=O) groups is 1. The van der Waals surface area contributed by atoms with Gasteiger partial charge in [-0.2, -0.15) is 4.98 Å². The fourth-order valence-corrected chi connectivity index (χ4v) is 2.78. The second kappa shape index (κ2) is 8.62. The number of carbonyl (C=O) groups excluding carboxylic acids is 1.